The first-order chi connectivity index (χ1) is 15.0. The number of nitrogens with zero attached hydrogens (tertiary/aromatic N) is 1. The fraction of sp³-hybridized carbons (Fsp3) is 0.458. The van der Waals surface area contributed by atoms with E-state index in [-0.39, 0.29) is 6.04 Å². The molecular weight excluding hydrogens is 412 g/mol. The van der Waals surface area contributed by atoms with Crippen molar-refractivity contribution in [1.82, 2.24) is 10.2 Å². The Bertz CT molecular complexity index is 898. The summed E-state index contributed by atoms with van der Waals surface area (Å²) in [5, 5.41) is 4.00. The van der Waals surface area contributed by atoms with E-state index >= 15 is 0 Å². The zero-order valence-electron chi connectivity index (χ0n) is 19.0. The third-order valence-electron chi connectivity index (χ3n) is 5.45. The van der Waals surface area contributed by atoms with Crippen molar-refractivity contribution in [2.24, 2.45) is 0 Å². The monoisotopic (exact) mass is 444 g/mol. The highest BCUT2D eigenvalue weighted by Gasteiger charge is 2.31. The van der Waals surface area contributed by atoms with Gasteiger partial charge in [0.25, 0.3) is 0 Å². The van der Waals surface area contributed by atoms with Crippen LogP contribution >= 0.6 is 12.2 Å². The Morgan fingerprint density at radius 1 is 1.03 bits per heavy atom. The number of hydrogen-bond donors (Lipinski definition) is 1. The summed E-state index contributed by atoms with van der Waals surface area (Å²) in [4.78, 5) is 2.20. The summed E-state index contributed by atoms with van der Waals surface area (Å²) in [6.07, 6.45) is 0.863. The molecule has 0 unspecified atom stereocenters. The zero-order valence-corrected chi connectivity index (χ0v) is 19.8. The first-order valence-corrected chi connectivity index (χ1v) is 10.9. The Labute approximate surface area is 190 Å². The highest BCUT2D eigenvalue weighted by molar-refractivity contribution is 7.80. The molecule has 6 nitrogen and oxygen atoms in total. The number of fused-ring (bicyclic) bond motifs is 1. The molecule has 2 aromatic carbocycles. The molecule has 0 fully saturated rings. The molecule has 7 heteroatoms. The third kappa shape index (κ3) is 5.60. The lowest BCUT2D eigenvalue weighted by Gasteiger charge is -2.39. The number of hydrogen-bond acceptors (Lipinski definition) is 5. The summed E-state index contributed by atoms with van der Waals surface area (Å²) in [6, 6.07) is 10.3. The molecule has 1 atom stereocenters. The molecule has 3 rings (SSSR count). The van der Waals surface area contributed by atoms with Gasteiger partial charge in [0.2, 0.25) is 0 Å². The quantitative estimate of drug-likeness (QED) is 0.491. The second kappa shape index (κ2) is 10.7. The Morgan fingerprint density at radius 2 is 1.71 bits per heavy atom. The van der Waals surface area contributed by atoms with Crippen LogP contribution in [0.15, 0.2) is 30.3 Å². The van der Waals surface area contributed by atoms with E-state index in [0.29, 0.717) is 30.6 Å². The van der Waals surface area contributed by atoms with Crippen molar-refractivity contribution in [3.63, 3.8) is 0 Å². The summed E-state index contributed by atoms with van der Waals surface area (Å²) in [5.74, 6) is 2.31. The SMILES string of the molecule is COCCNC(=S)N1CCc2cc(OC)c(OC)cc2[C@@H]1COc1cc(C)cc(C)c1. The normalized spacial score (nSPS) is 15.3. The van der Waals surface area contributed by atoms with Crippen LogP contribution in [0.2, 0.25) is 0 Å². The minimum atomic E-state index is -0.0491. The number of methoxy groups -OCH3 is 3. The Kier molecular flexibility index (Phi) is 7.98. The highest BCUT2D eigenvalue weighted by atomic mass is 32.1. The Balaban J connectivity index is 1.90. The molecule has 0 saturated carbocycles. The van der Waals surface area contributed by atoms with E-state index in [1.165, 1.54) is 16.7 Å². The zero-order chi connectivity index (χ0) is 22.4. The number of ether oxygens (including phenoxy) is 4. The van der Waals surface area contributed by atoms with Gasteiger partial charge in [0.05, 0.1) is 26.9 Å². The smallest absolute Gasteiger partial charge is 0.169 e. The number of thiocarbonyl (C=S) groups is 1. The second-order valence-corrected chi connectivity index (χ2v) is 8.11. The summed E-state index contributed by atoms with van der Waals surface area (Å²) >= 11 is 5.72. The predicted molar refractivity (Wildman–Crippen MR) is 127 cm³/mol. The van der Waals surface area contributed by atoms with Crippen LogP contribution in [0.5, 0.6) is 17.2 Å². The van der Waals surface area contributed by atoms with Crippen molar-refractivity contribution in [1.29, 1.82) is 0 Å². The lowest BCUT2D eigenvalue weighted by Crippen LogP contribution is -2.47. The fourth-order valence-electron chi connectivity index (χ4n) is 4.00. The van der Waals surface area contributed by atoms with Gasteiger partial charge in [-0.3, -0.25) is 0 Å². The summed E-state index contributed by atoms with van der Waals surface area (Å²) < 4.78 is 22.5. The number of benzene rings is 2. The molecule has 1 N–H and O–H groups in total. The molecule has 0 aromatic heterocycles. The fourth-order valence-corrected chi connectivity index (χ4v) is 4.32. The van der Waals surface area contributed by atoms with Gasteiger partial charge in [-0.1, -0.05) is 6.07 Å². The van der Waals surface area contributed by atoms with E-state index in [2.05, 4.69) is 48.3 Å². The van der Waals surface area contributed by atoms with Crippen LogP contribution in [-0.2, 0) is 11.2 Å². The van der Waals surface area contributed by atoms with Crippen molar-refractivity contribution in [3.05, 3.63) is 52.6 Å². The maximum absolute atomic E-state index is 6.27. The molecule has 0 radical (unpaired) electrons. The maximum Gasteiger partial charge on any atom is 0.169 e. The highest BCUT2D eigenvalue weighted by Crippen LogP contribution is 2.38. The summed E-state index contributed by atoms with van der Waals surface area (Å²) in [5.41, 5.74) is 4.73. The molecule has 0 spiro atoms. The van der Waals surface area contributed by atoms with E-state index in [1.54, 1.807) is 21.3 Å². The average molecular weight is 445 g/mol. The van der Waals surface area contributed by atoms with Gasteiger partial charge in [0.1, 0.15) is 12.4 Å². The molecule has 0 saturated heterocycles. The topological polar surface area (TPSA) is 52.2 Å². The molecule has 1 aliphatic heterocycles. The van der Waals surface area contributed by atoms with Gasteiger partial charge in [0, 0.05) is 20.2 Å². The Hall–Kier alpha value is -2.51. The van der Waals surface area contributed by atoms with Crippen molar-refractivity contribution in [3.8, 4) is 17.2 Å². The molecule has 31 heavy (non-hydrogen) atoms. The van der Waals surface area contributed by atoms with Crippen molar-refractivity contribution in [2.75, 3.05) is 47.6 Å². The van der Waals surface area contributed by atoms with Crippen molar-refractivity contribution < 1.29 is 18.9 Å². The van der Waals surface area contributed by atoms with Crippen molar-refractivity contribution in [2.45, 2.75) is 26.3 Å². The van der Waals surface area contributed by atoms with E-state index in [9.17, 15) is 0 Å². The maximum atomic E-state index is 6.27. The molecule has 1 heterocycles. The summed E-state index contributed by atoms with van der Waals surface area (Å²) in [7, 11) is 5.00. The van der Waals surface area contributed by atoms with Gasteiger partial charge in [-0.15, -0.1) is 0 Å². The molecule has 0 bridgehead atoms. The molecule has 0 amide bonds. The third-order valence-corrected chi connectivity index (χ3v) is 5.83. The minimum Gasteiger partial charge on any atom is -0.493 e. The van der Waals surface area contributed by atoms with Gasteiger partial charge in [0.15, 0.2) is 16.6 Å². The van der Waals surface area contributed by atoms with Gasteiger partial charge >= 0.3 is 0 Å². The van der Waals surface area contributed by atoms with Crippen LogP contribution < -0.4 is 19.5 Å². The van der Waals surface area contributed by atoms with Gasteiger partial charge in [-0.05, 0) is 79.0 Å². The van der Waals surface area contributed by atoms with Crippen LogP contribution in [0.3, 0.4) is 0 Å². The van der Waals surface area contributed by atoms with E-state index < -0.39 is 0 Å². The van der Waals surface area contributed by atoms with Gasteiger partial charge < -0.3 is 29.2 Å². The van der Waals surface area contributed by atoms with E-state index in [1.807, 2.05) is 6.07 Å². The molecule has 1 aliphatic rings. The average Bonchev–Trinajstić information content (AvgIpc) is 2.75. The number of aryl methyl sites for hydroxylation is 2. The molecule has 0 aliphatic carbocycles. The second-order valence-electron chi connectivity index (χ2n) is 7.72. The van der Waals surface area contributed by atoms with Crippen LogP contribution in [-0.4, -0.2) is 57.6 Å². The predicted octanol–water partition coefficient (Wildman–Crippen LogP) is 3.82. The van der Waals surface area contributed by atoms with Crippen LogP contribution in [0.4, 0.5) is 0 Å². The standard InChI is InChI=1S/C24H32N2O4S/c1-16-10-17(2)12-19(11-16)30-15-21-20-14-23(29-5)22(28-4)13-18(20)6-8-26(21)24(31)25-7-9-27-3/h10-14,21H,6-9,15H2,1-5H3,(H,25,31)/t21-/m0/s1. The van der Waals surface area contributed by atoms with E-state index in [0.717, 1.165) is 30.0 Å². The minimum absolute atomic E-state index is 0.0491. The van der Waals surface area contributed by atoms with Crippen molar-refractivity contribution >= 4 is 17.3 Å². The van der Waals surface area contributed by atoms with Crippen LogP contribution in [0, 0.1) is 13.8 Å². The van der Waals surface area contributed by atoms with Gasteiger partial charge in [-0.2, -0.15) is 0 Å². The largest absolute Gasteiger partial charge is 0.493 e. The number of nitrogens with one attached hydrogen (secondary N) is 1. The van der Waals surface area contributed by atoms with Crippen LogP contribution in [0.25, 0.3) is 0 Å². The number of rotatable bonds is 8. The first-order valence-electron chi connectivity index (χ1n) is 10.5. The summed E-state index contributed by atoms with van der Waals surface area (Å²) in [6.45, 7) is 6.68. The molecular formula is C24H32N2O4S. The van der Waals surface area contributed by atoms with E-state index in [4.69, 9.17) is 31.2 Å². The van der Waals surface area contributed by atoms with Gasteiger partial charge in [-0.25, -0.2) is 0 Å². The molecule has 168 valence electrons. The van der Waals surface area contributed by atoms with Crippen LogP contribution in [0.1, 0.15) is 28.3 Å². The first kappa shape index (κ1) is 23.2. The molecule has 2 aromatic rings. The lowest BCUT2D eigenvalue weighted by atomic mass is 9.92. The lowest BCUT2D eigenvalue weighted by molar-refractivity contribution is 0.182. The Morgan fingerprint density at radius 3 is 2.35 bits per heavy atom.